The lowest BCUT2D eigenvalue weighted by atomic mass is 9.89. The summed E-state index contributed by atoms with van der Waals surface area (Å²) in [5.41, 5.74) is 8.50. The van der Waals surface area contributed by atoms with E-state index < -0.39 is 0 Å². The summed E-state index contributed by atoms with van der Waals surface area (Å²) >= 11 is 0. The second-order valence-corrected chi connectivity index (χ2v) is 5.17. The lowest BCUT2D eigenvalue weighted by molar-refractivity contribution is -0.146. The van der Waals surface area contributed by atoms with Crippen molar-refractivity contribution in [3.05, 3.63) is 71.8 Å². The summed E-state index contributed by atoms with van der Waals surface area (Å²) in [5.74, 6) is -0.583. The molecule has 2 rings (SSSR count). The monoisotopic (exact) mass is 283 g/mol. The summed E-state index contributed by atoms with van der Waals surface area (Å²) in [6.45, 7) is 0. The van der Waals surface area contributed by atoms with Crippen LogP contribution in [0.15, 0.2) is 60.7 Å². The fourth-order valence-corrected chi connectivity index (χ4v) is 2.46. The molecule has 2 aromatic carbocycles. The topological polar surface area (TPSA) is 52.3 Å². The lowest BCUT2D eigenvalue weighted by Gasteiger charge is -2.22. The van der Waals surface area contributed by atoms with Gasteiger partial charge in [-0.25, -0.2) is 0 Å². The lowest BCUT2D eigenvalue weighted by Crippen LogP contribution is -2.39. The van der Waals surface area contributed by atoms with Crippen molar-refractivity contribution in [3.63, 3.8) is 0 Å². The van der Waals surface area contributed by atoms with Crippen molar-refractivity contribution in [1.29, 1.82) is 0 Å². The standard InChI is InChI=1S/C18H21NO2/c1-21-18(20)16(12-14-8-4-2-5-9-14)17(19)13-15-10-6-3-7-11-15/h2-11,16-17H,12-13,19H2,1H3/t16-,17-/m1/s1. The molecule has 0 bridgehead atoms. The summed E-state index contributed by atoms with van der Waals surface area (Å²) in [6.07, 6.45) is 1.26. The number of hydrogen-bond acceptors (Lipinski definition) is 3. The molecule has 0 aromatic heterocycles. The van der Waals surface area contributed by atoms with E-state index >= 15 is 0 Å². The van der Waals surface area contributed by atoms with Crippen LogP contribution in [0.2, 0.25) is 0 Å². The molecule has 0 fully saturated rings. The van der Waals surface area contributed by atoms with Crippen molar-refractivity contribution in [2.24, 2.45) is 11.7 Å². The van der Waals surface area contributed by atoms with E-state index in [1.807, 2.05) is 60.7 Å². The van der Waals surface area contributed by atoms with Crippen molar-refractivity contribution < 1.29 is 9.53 Å². The molecule has 21 heavy (non-hydrogen) atoms. The third-order valence-electron chi connectivity index (χ3n) is 3.63. The zero-order valence-electron chi connectivity index (χ0n) is 12.2. The number of ether oxygens (including phenoxy) is 1. The van der Waals surface area contributed by atoms with Crippen LogP contribution in [0.3, 0.4) is 0 Å². The van der Waals surface area contributed by atoms with Crippen molar-refractivity contribution in [1.82, 2.24) is 0 Å². The van der Waals surface area contributed by atoms with Crippen LogP contribution in [-0.4, -0.2) is 19.1 Å². The van der Waals surface area contributed by atoms with Crippen LogP contribution in [0, 0.1) is 5.92 Å². The van der Waals surface area contributed by atoms with E-state index in [1.54, 1.807) is 0 Å². The number of nitrogens with two attached hydrogens (primary N) is 1. The number of methoxy groups -OCH3 is 1. The Hall–Kier alpha value is -2.13. The minimum Gasteiger partial charge on any atom is -0.469 e. The van der Waals surface area contributed by atoms with Gasteiger partial charge in [-0.3, -0.25) is 4.79 Å². The van der Waals surface area contributed by atoms with Crippen LogP contribution in [-0.2, 0) is 22.4 Å². The van der Waals surface area contributed by atoms with Crippen LogP contribution in [0.5, 0.6) is 0 Å². The number of esters is 1. The first kappa shape index (κ1) is 15.3. The zero-order chi connectivity index (χ0) is 15.1. The SMILES string of the molecule is COC(=O)[C@H](Cc1ccccc1)[C@H](N)Cc1ccccc1. The van der Waals surface area contributed by atoms with Crippen molar-refractivity contribution in [2.75, 3.05) is 7.11 Å². The highest BCUT2D eigenvalue weighted by molar-refractivity contribution is 5.73. The molecule has 0 unspecified atom stereocenters. The average Bonchev–Trinajstić information content (AvgIpc) is 2.53. The van der Waals surface area contributed by atoms with Gasteiger partial charge in [0.2, 0.25) is 0 Å². The quantitative estimate of drug-likeness (QED) is 0.829. The van der Waals surface area contributed by atoms with Gasteiger partial charge in [-0.2, -0.15) is 0 Å². The molecule has 2 aromatic rings. The number of rotatable bonds is 6. The maximum absolute atomic E-state index is 12.0. The molecule has 2 N–H and O–H groups in total. The summed E-state index contributed by atoms with van der Waals surface area (Å²) in [7, 11) is 1.41. The fraction of sp³-hybridized carbons (Fsp3) is 0.278. The van der Waals surface area contributed by atoms with Crippen LogP contribution >= 0.6 is 0 Å². The molecule has 0 radical (unpaired) electrons. The summed E-state index contributed by atoms with van der Waals surface area (Å²) in [5, 5.41) is 0. The van der Waals surface area contributed by atoms with Crippen LogP contribution in [0.25, 0.3) is 0 Å². The highest BCUT2D eigenvalue weighted by Crippen LogP contribution is 2.16. The van der Waals surface area contributed by atoms with Gasteiger partial charge in [0.25, 0.3) is 0 Å². The predicted octanol–water partition coefficient (Wildman–Crippen LogP) is 2.59. The van der Waals surface area contributed by atoms with Crippen molar-refractivity contribution in [3.8, 4) is 0 Å². The van der Waals surface area contributed by atoms with E-state index in [2.05, 4.69) is 0 Å². The molecular weight excluding hydrogens is 262 g/mol. The molecule has 3 heteroatoms. The highest BCUT2D eigenvalue weighted by atomic mass is 16.5. The summed E-state index contributed by atoms with van der Waals surface area (Å²) in [4.78, 5) is 12.0. The summed E-state index contributed by atoms with van der Waals surface area (Å²) in [6, 6.07) is 19.6. The zero-order valence-corrected chi connectivity index (χ0v) is 12.2. The normalized spacial score (nSPS) is 13.4. The molecule has 0 heterocycles. The van der Waals surface area contributed by atoms with E-state index in [0.717, 1.165) is 11.1 Å². The smallest absolute Gasteiger partial charge is 0.310 e. The molecule has 110 valence electrons. The van der Waals surface area contributed by atoms with Gasteiger partial charge < -0.3 is 10.5 Å². The molecule has 0 spiro atoms. The first-order valence-corrected chi connectivity index (χ1v) is 7.12. The third-order valence-corrected chi connectivity index (χ3v) is 3.63. The van der Waals surface area contributed by atoms with Crippen LogP contribution < -0.4 is 5.73 Å². The first-order valence-electron chi connectivity index (χ1n) is 7.12. The van der Waals surface area contributed by atoms with Gasteiger partial charge in [0.1, 0.15) is 0 Å². The van der Waals surface area contributed by atoms with Gasteiger partial charge in [0, 0.05) is 6.04 Å². The molecule has 2 atom stereocenters. The van der Waals surface area contributed by atoms with Gasteiger partial charge in [-0.15, -0.1) is 0 Å². The Bertz CT molecular complexity index is 554. The van der Waals surface area contributed by atoms with Crippen LogP contribution in [0.4, 0.5) is 0 Å². The molecule has 0 aliphatic rings. The number of hydrogen-bond donors (Lipinski definition) is 1. The van der Waals surface area contributed by atoms with E-state index in [-0.39, 0.29) is 17.9 Å². The number of carbonyl (C=O) groups is 1. The van der Waals surface area contributed by atoms with Crippen molar-refractivity contribution in [2.45, 2.75) is 18.9 Å². The maximum Gasteiger partial charge on any atom is 0.310 e. The molecule has 0 aliphatic carbocycles. The van der Waals surface area contributed by atoms with E-state index in [9.17, 15) is 4.79 Å². The second-order valence-electron chi connectivity index (χ2n) is 5.17. The van der Waals surface area contributed by atoms with Gasteiger partial charge >= 0.3 is 5.97 Å². The predicted molar refractivity (Wildman–Crippen MR) is 83.8 cm³/mol. The number of benzene rings is 2. The molecule has 0 aliphatic heterocycles. The first-order chi connectivity index (χ1) is 10.2. The van der Waals surface area contributed by atoms with E-state index in [4.69, 9.17) is 10.5 Å². The summed E-state index contributed by atoms with van der Waals surface area (Å²) < 4.78 is 4.92. The Labute approximate surface area is 125 Å². The Morgan fingerprint density at radius 1 is 0.952 bits per heavy atom. The average molecular weight is 283 g/mol. The Morgan fingerprint density at radius 2 is 1.43 bits per heavy atom. The molecule has 0 saturated heterocycles. The molecule has 0 saturated carbocycles. The minimum absolute atomic E-state index is 0.248. The van der Waals surface area contributed by atoms with Gasteiger partial charge in [0.15, 0.2) is 0 Å². The van der Waals surface area contributed by atoms with E-state index in [0.29, 0.717) is 12.8 Å². The second kappa shape index (κ2) is 7.60. The fourth-order valence-electron chi connectivity index (χ4n) is 2.46. The largest absolute Gasteiger partial charge is 0.469 e. The maximum atomic E-state index is 12.0. The minimum atomic E-state index is -0.336. The van der Waals surface area contributed by atoms with E-state index in [1.165, 1.54) is 7.11 Å². The molecular formula is C18H21NO2. The van der Waals surface area contributed by atoms with Crippen LogP contribution in [0.1, 0.15) is 11.1 Å². The molecule has 3 nitrogen and oxygen atoms in total. The van der Waals surface area contributed by atoms with Crippen molar-refractivity contribution >= 4 is 5.97 Å². The Morgan fingerprint density at radius 3 is 1.90 bits per heavy atom. The van der Waals surface area contributed by atoms with Gasteiger partial charge in [-0.1, -0.05) is 60.7 Å². The Balaban J connectivity index is 2.10. The number of carbonyl (C=O) groups excluding carboxylic acids is 1. The molecule has 0 amide bonds. The third kappa shape index (κ3) is 4.43. The van der Waals surface area contributed by atoms with Gasteiger partial charge in [-0.05, 0) is 24.0 Å². The highest BCUT2D eigenvalue weighted by Gasteiger charge is 2.26. The van der Waals surface area contributed by atoms with Gasteiger partial charge in [0.05, 0.1) is 13.0 Å². The Kier molecular flexibility index (Phi) is 5.52.